The van der Waals surface area contributed by atoms with Gasteiger partial charge in [0.15, 0.2) is 11.6 Å². The molecule has 2 amide bonds. The highest BCUT2D eigenvalue weighted by Gasteiger charge is 2.44. The molecule has 1 aromatic rings. The Hall–Kier alpha value is -1.70. The van der Waals surface area contributed by atoms with Gasteiger partial charge in [0.2, 0.25) is 5.91 Å². The van der Waals surface area contributed by atoms with Crippen molar-refractivity contribution < 1.29 is 22.8 Å². The fraction of sp³-hybridized carbons (Fsp3) is 0.579. The number of hydrogen-bond donors (Lipinski definition) is 0. The number of thioether (sulfide) groups is 1. The number of likely N-dealkylation sites (tertiary alicyclic amines) is 2. The average molecular weight is 400 g/mol. The molecule has 1 atom stereocenters. The van der Waals surface area contributed by atoms with E-state index in [9.17, 15) is 22.8 Å². The van der Waals surface area contributed by atoms with Crippen LogP contribution in [0.3, 0.4) is 0 Å². The van der Waals surface area contributed by atoms with E-state index in [1.54, 1.807) is 11.8 Å². The SMILES string of the molecule is CSCCC(=O)N1CCCC2(CCN(C(=O)c3cc(F)c(F)cc3F)C2)C1. The molecule has 2 fully saturated rings. The topological polar surface area (TPSA) is 40.6 Å². The van der Waals surface area contributed by atoms with Crippen LogP contribution in [-0.2, 0) is 4.79 Å². The van der Waals surface area contributed by atoms with E-state index in [-0.39, 0.29) is 11.3 Å². The molecule has 0 bridgehead atoms. The van der Waals surface area contributed by atoms with Crippen molar-refractivity contribution in [2.45, 2.75) is 25.7 Å². The van der Waals surface area contributed by atoms with E-state index in [2.05, 4.69) is 0 Å². The first-order chi connectivity index (χ1) is 12.8. The van der Waals surface area contributed by atoms with Crippen LogP contribution in [0.25, 0.3) is 0 Å². The molecule has 27 heavy (non-hydrogen) atoms. The molecule has 2 aliphatic rings. The Morgan fingerprint density at radius 3 is 2.48 bits per heavy atom. The summed E-state index contributed by atoms with van der Waals surface area (Å²) in [5.74, 6) is -3.33. The van der Waals surface area contributed by atoms with Gasteiger partial charge in [0.1, 0.15) is 5.82 Å². The third-order valence-corrected chi connectivity index (χ3v) is 6.11. The Kier molecular flexibility index (Phi) is 6.03. The van der Waals surface area contributed by atoms with Crippen molar-refractivity contribution in [2.75, 3.05) is 38.2 Å². The first kappa shape index (κ1) is 20.0. The Bertz CT molecular complexity index is 746. The van der Waals surface area contributed by atoms with Gasteiger partial charge in [-0.2, -0.15) is 11.8 Å². The van der Waals surface area contributed by atoms with Gasteiger partial charge >= 0.3 is 0 Å². The lowest BCUT2D eigenvalue weighted by Gasteiger charge is -2.40. The Labute approximate surface area is 161 Å². The summed E-state index contributed by atoms with van der Waals surface area (Å²) in [5.41, 5.74) is -0.646. The fourth-order valence-corrected chi connectivity index (χ4v) is 4.45. The number of hydrogen-bond acceptors (Lipinski definition) is 3. The second-order valence-electron chi connectivity index (χ2n) is 7.38. The summed E-state index contributed by atoms with van der Waals surface area (Å²) in [7, 11) is 0. The molecule has 148 valence electrons. The molecule has 0 saturated carbocycles. The number of carbonyl (C=O) groups excluding carboxylic acids is 2. The van der Waals surface area contributed by atoms with Crippen molar-refractivity contribution in [3.05, 3.63) is 35.1 Å². The van der Waals surface area contributed by atoms with Crippen molar-refractivity contribution in [2.24, 2.45) is 5.41 Å². The Balaban J connectivity index is 1.69. The van der Waals surface area contributed by atoms with Gasteiger partial charge in [-0.3, -0.25) is 9.59 Å². The van der Waals surface area contributed by atoms with Gasteiger partial charge in [0.25, 0.3) is 5.91 Å². The van der Waals surface area contributed by atoms with Crippen molar-refractivity contribution in [1.29, 1.82) is 0 Å². The van der Waals surface area contributed by atoms with E-state index in [1.807, 2.05) is 11.2 Å². The van der Waals surface area contributed by atoms with E-state index in [4.69, 9.17) is 0 Å². The van der Waals surface area contributed by atoms with Crippen LogP contribution in [0.15, 0.2) is 12.1 Å². The van der Waals surface area contributed by atoms with Gasteiger partial charge in [0, 0.05) is 49.8 Å². The summed E-state index contributed by atoms with van der Waals surface area (Å²) < 4.78 is 40.5. The lowest BCUT2D eigenvalue weighted by Crippen LogP contribution is -2.47. The third-order valence-electron chi connectivity index (χ3n) is 5.50. The molecule has 4 nitrogen and oxygen atoms in total. The highest BCUT2D eigenvalue weighted by molar-refractivity contribution is 7.98. The second kappa shape index (κ2) is 8.12. The first-order valence-corrected chi connectivity index (χ1v) is 10.5. The third kappa shape index (κ3) is 4.25. The number of piperidine rings is 1. The number of rotatable bonds is 4. The lowest BCUT2D eigenvalue weighted by molar-refractivity contribution is -0.134. The standard InChI is InChI=1S/C19H23F3N2O2S/c1-27-8-3-17(25)23-6-2-4-19(11-23)5-7-24(12-19)18(26)13-9-15(21)16(22)10-14(13)20/h9-10H,2-8,11-12H2,1H3. The maximum Gasteiger partial charge on any atom is 0.256 e. The van der Waals surface area contributed by atoms with E-state index in [1.165, 1.54) is 4.90 Å². The smallest absolute Gasteiger partial charge is 0.256 e. The molecule has 3 rings (SSSR count). The van der Waals surface area contributed by atoms with Gasteiger partial charge in [-0.05, 0) is 31.6 Å². The largest absolute Gasteiger partial charge is 0.342 e. The van der Waals surface area contributed by atoms with Crippen molar-refractivity contribution >= 4 is 23.6 Å². The molecule has 2 saturated heterocycles. The van der Waals surface area contributed by atoms with Crippen LogP contribution in [0.1, 0.15) is 36.0 Å². The van der Waals surface area contributed by atoms with Crippen molar-refractivity contribution in [3.8, 4) is 0 Å². The summed E-state index contributed by atoms with van der Waals surface area (Å²) in [6, 6.07) is 1.03. The maximum atomic E-state index is 13.9. The summed E-state index contributed by atoms with van der Waals surface area (Å²) in [4.78, 5) is 28.3. The predicted molar refractivity (Wildman–Crippen MR) is 98.1 cm³/mol. The predicted octanol–water partition coefficient (Wildman–Crippen LogP) is 3.31. The van der Waals surface area contributed by atoms with Gasteiger partial charge in [-0.1, -0.05) is 0 Å². The summed E-state index contributed by atoms with van der Waals surface area (Å²) in [5, 5.41) is 0. The molecule has 0 radical (unpaired) electrons. The van der Waals surface area contributed by atoms with E-state index in [0.29, 0.717) is 38.2 Å². The maximum absolute atomic E-state index is 13.9. The van der Waals surface area contributed by atoms with Crippen LogP contribution in [0, 0.1) is 22.9 Å². The van der Waals surface area contributed by atoms with E-state index in [0.717, 1.165) is 31.6 Å². The minimum Gasteiger partial charge on any atom is -0.342 e. The fourth-order valence-electron chi connectivity index (χ4n) is 4.07. The number of benzene rings is 1. The molecule has 0 aliphatic carbocycles. The summed E-state index contributed by atoms with van der Waals surface area (Å²) in [6.07, 6.45) is 4.94. The molecular formula is C19H23F3N2O2S. The van der Waals surface area contributed by atoms with E-state index >= 15 is 0 Å². The minimum absolute atomic E-state index is 0.125. The zero-order chi connectivity index (χ0) is 19.6. The summed E-state index contributed by atoms with van der Waals surface area (Å²) >= 11 is 1.63. The molecule has 8 heteroatoms. The highest BCUT2D eigenvalue weighted by atomic mass is 32.2. The van der Waals surface area contributed by atoms with Crippen molar-refractivity contribution in [3.63, 3.8) is 0 Å². The lowest BCUT2D eigenvalue weighted by atomic mass is 9.79. The van der Waals surface area contributed by atoms with Crippen LogP contribution in [-0.4, -0.2) is 59.8 Å². The van der Waals surface area contributed by atoms with Gasteiger partial charge in [-0.15, -0.1) is 0 Å². The van der Waals surface area contributed by atoms with Crippen LogP contribution in [0.2, 0.25) is 0 Å². The highest BCUT2D eigenvalue weighted by Crippen LogP contribution is 2.39. The molecule has 1 aromatic carbocycles. The summed E-state index contributed by atoms with van der Waals surface area (Å²) in [6.45, 7) is 2.13. The second-order valence-corrected chi connectivity index (χ2v) is 8.37. The van der Waals surface area contributed by atoms with Gasteiger partial charge in [-0.25, -0.2) is 13.2 Å². The monoisotopic (exact) mass is 400 g/mol. The number of halogens is 3. The van der Waals surface area contributed by atoms with Gasteiger partial charge < -0.3 is 9.80 Å². The minimum atomic E-state index is -1.31. The molecule has 2 heterocycles. The van der Waals surface area contributed by atoms with Crippen molar-refractivity contribution in [1.82, 2.24) is 9.80 Å². The number of nitrogens with zero attached hydrogens (tertiary/aromatic N) is 2. The normalized spacial score (nSPS) is 22.5. The first-order valence-electron chi connectivity index (χ1n) is 9.06. The van der Waals surface area contributed by atoms with Crippen LogP contribution in [0.4, 0.5) is 13.2 Å². The zero-order valence-corrected chi connectivity index (χ0v) is 16.1. The molecule has 2 aliphatic heterocycles. The molecular weight excluding hydrogens is 377 g/mol. The van der Waals surface area contributed by atoms with Crippen LogP contribution >= 0.6 is 11.8 Å². The van der Waals surface area contributed by atoms with Crippen LogP contribution in [0.5, 0.6) is 0 Å². The quantitative estimate of drug-likeness (QED) is 0.728. The average Bonchev–Trinajstić information content (AvgIpc) is 3.05. The molecule has 1 spiro atoms. The molecule has 0 aromatic heterocycles. The number of amides is 2. The van der Waals surface area contributed by atoms with Crippen LogP contribution < -0.4 is 0 Å². The van der Waals surface area contributed by atoms with E-state index < -0.39 is 28.9 Å². The molecule has 1 unspecified atom stereocenters. The number of carbonyl (C=O) groups is 2. The zero-order valence-electron chi connectivity index (χ0n) is 15.3. The Morgan fingerprint density at radius 2 is 1.74 bits per heavy atom. The van der Waals surface area contributed by atoms with Gasteiger partial charge in [0.05, 0.1) is 5.56 Å². The molecule has 0 N–H and O–H groups in total. The Morgan fingerprint density at radius 1 is 1.04 bits per heavy atom.